The van der Waals surface area contributed by atoms with Gasteiger partial charge in [-0.15, -0.1) is 11.3 Å². The van der Waals surface area contributed by atoms with Crippen molar-refractivity contribution in [3.05, 3.63) is 40.9 Å². The zero-order chi connectivity index (χ0) is 18.7. The van der Waals surface area contributed by atoms with Crippen LogP contribution in [0.3, 0.4) is 0 Å². The van der Waals surface area contributed by atoms with Crippen LogP contribution in [-0.4, -0.2) is 55.2 Å². The van der Waals surface area contributed by atoms with Gasteiger partial charge in [0, 0.05) is 50.2 Å². The van der Waals surface area contributed by atoms with Crippen LogP contribution in [0, 0.1) is 18.8 Å². The van der Waals surface area contributed by atoms with E-state index in [9.17, 15) is 0 Å². The number of fused-ring (bicyclic) bond motifs is 2. The van der Waals surface area contributed by atoms with Crippen LogP contribution < -0.4 is 10.2 Å². The molecule has 4 aliphatic rings. The predicted molar refractivity (Wildman–Crippen MR) is 118 cm³/mol. The van der Waals surface area contributed by atoms with E-state index in [-0.39, 0.29) is 0 Å². The molecule has 4 nitrogen and oxygen atoms in total. The van der Waals surface area contributed by atoms with Crippen LogP contribution in [0.1, 0.15) is 23.4 Å². The van der Waals surface area contributed by atoms with E-state index in [1.54, 1.807) is 0 Å². The van der Waals surface area contributed by atoms with E-state index in [1.165, 1.54) is 45.9 Å². The molecule has 3 fully saturated rings. The highest BCUT2D eigenvalue weighted by molar-refractivity contribution is 7.19. The van der Waals surface area contributed by atoms with Gasteiger partial charge < -0.3 is 10.2 Å². The van der Waals surface area contributed by atoms with Gasteiger partial charge in [-0.25, -0.2) is 4.98 Å². The summed E-state index contributed by atoms with van der Waals surface area (Å²) in [5.74, 6) is 1.89. The van der Waals surface area contributed by atoms with Crippen molar-refractivity contribution < 1.29 is 0 Å². The predicted octanol–water partition coefficient (Wildman–Crippen LogP) is 3.68. The Hall–Kier alpha value is -1.69. The monoisotopic (exact) mass is 392 g/mol. The number of pyridine rings is 1. The summed E-state index contributed by atoms with van der Waals surface area (Å²) in [7, 11) is 0. The lowest BCUT2D eigenvalue weighted by Crippen LogP contribution is -2.47. The number of aryl methyl sites for hydroxylation is 1. The molecule has 2 aromatic rings. The Morgan fingerprint density at radius 2 is 1.96 bits per heavy atom. The van der Waals surface area contributed by atoms with Crippen LogP contribution in [-0.2, 0) is 0 Å². The number of allylic oxidation sites excluding steroid dienone is 2. The summed E-state index contributed by atoms with van der Waals surface area (Å²) in [5.41, 5.74) is 5.04. The second kappa shape index (κ2) is 6.68. The first-order chi connectivity index (χ1) is 13.7. The van der Waals surface area contributed by atoms with Crippen LogP contribution in [0.15, 0.2) is 30.4 Å². The molecule has 5 heteroatoms. The summed E-state index contributed by atoms with van der Waals surface area (Å²) in [6.45, 7) is 9.20. The highest BCUT2D eigenvalue weighted by Crippen LogP contribution is 2.48. The summed E-state index contributed by atoms with van der Waals surface area (Å²) in [4.78, 5) is 11.6. The third-order valence-electron chi connectivity index (χ3n) is 6.90. The minimum Gasteiger partial charge on any atom is -0.370 e. The summed E-state index contributed by atoms with van der Waals surface area (Å²) in [6.07, 6.45) is 9.66. The molecule has 0 radical (unpaired) electrons. The molecule has 0 spiro atoms. The average molecular weight is 393 g/mol. The Morgan fingerprint density at radius 1 is 1.14 bits per heavy atom. The Morgan fingerprint density at radius 3 is 2.71 bits per heavy atom. The number of hydrogen-bond acceptors (Lipinski definition) is 5. The molecule has 4 heterocycles. The molecule has 3 unspecified atom stereocenters. The molecule has 3 atom stereocenters. The van der Waals surface area contributed by atoms with Crippen LogP contribution in [0.4, 0.5) is 5.69 Å². The topological polar surface area (TPSA) is 31.4 Å². The molecule has 1 N–H and O–H groups in total. The molecule has 6 rings (SSSR count). The van der Waals surface area contributed by atoms with Crippen molar-refractivity contribution in [2.24, 2.45) is 11.8 Å². The highest BCUT2D eigenvalue weighted by atomic mass is 32.1. The van der Waals surface area contributed by atoms with Crippen molar-refractivity contribution in [2.45, 2.75) is 25.8 Å². The highest BCUT2D eigenvalue weighted by Gasteiger charge is 2.45. The number of nitrogens with one attached hydrogen (secondary N) is 1. The molecule has 2 aliphatic carbocycles. The molecule has 1 saturated carbocycles. The fraction of sp³-hybridized carbons (Fsp3) is 0.522. The maximum absolute atomic E-state index is 5.06. The van der Waals surface area contributed by atoms with Crippen molar-refractivity contribution in [1.82, 2.24) is 15.2 Å². The van der Waals surface area contributed by atoms with Gasteiger partial charge in [-0.05, 0) is 49.3 Å². The molecule has 0 bridgehead atoms. The smallest absolute Gasteiger partial charge is 0.0841 e. The fourth-order valence-corrected chi connectivity index (χ4v) is 6.18. The first kappa shape index (κ1) is 17.2. The maximum Gasteiger partial charge on any atom is 0.0841 e. The van der Waals surface area contributed by atoms with Gasteiger partial charge in [0.25, 0.3) is 0 Å². The molecule has 0 amide bonds. The van der Waals surface area contributed by atoms with E-state index in [0.29, 0.717) is 6.04 Å². The van der Waals surface area contributed by atoms with Gasteiger partial charge >= 0.3 is 0 Å². The molecular formula is C23H28N4S. The second-order valence-electron chi connectivity index (χ2n) is 8.87. The van der Waals surface area contributed by atoms with E-state index in [4.69, 9.17) is 4.98 Å². The van der Waals surface area contributed by atoms with Gasteiger partial charge in [0.1, 0.15) is 0 Å². The van der Waals surface area contributed by atoms with E-state index in [1.807, 2.05) is 11.3 Å². The Balaban J connectivity index is 1.31. The number of piperidine rings is 1. The van der Waals surface area contributed by atoms with Gasteiger partial charge in [0.2, 0.25) is 0 Å². The first-order valence-electron chi connectivity index (χ1n) is 10.7. The quantitative estimate of drug-likeness (QED) is 0.863. The maximum atomic E-state index is 5.06. The summed E-state index contributed by atoms with van der Waals surface area (Å²) < 4.78 is 1.38. The van der Waals surface area contributed by atoms with Crippen molar-refractivity contribution in [2.75, 3.05) is 44.2 Å². The number of hydrogen-bond donors (Lipinski definition) is 1. The molecular weight excluding hydrogens is 364 g/mol. The van der Waals surface area contributed by atoms with Crippen LogP contribution >= 0.6 is 11.3 Å². The van der Waals surface area contributed by atoms with Crippen molar-refractivity contribution >= 4 is 32.8 Å². The van der Waals surface area contributed by atoms with Crippen LogP contribution in [0.5, 0.6) is 0 Å². The number of piperazine rings is 1. The van der Waals surface area contributed by atoms with Gasteiger partial charge in [0.05, 0.1) is 21.6 Å². The van der Waals surface area contributed by atoms with Crippen LogP contribution in [0.25, 0.3) is 15.8 Å². The van der Waals surface area contributed by atoms with Crippen molar-refractivity contribution in [3.63, 3.8) is 0 Å². The molecule has 146 valence electrons. The number of anilines is 1. The molecule has 0 aromatic carbocycles. The largest absolute Gasteiger partial charge is 0.370 e. The molecule has 2 aromatic heterocycles. The summed E-state index contributed by atoms with van der Waals surface area (Å²) >= 11 is 1.90. The SMILES string of the molecule is Cc1cc2nc(C3=CCC(N4CCNCC4)C=C3)cc(N3CC4CC4C3)c2s1. The Bertz CT molecular complexity index is 958. The van der Waals surface area contributed by atoms with Gasteiger partial charge in [-0.1, -0.05) is 18.2 Å². The number of aromatic nitrogens is 1. The third-order valence-corrected chi connectivity index (χ3v) is 7.96. The standard InChI is InChI=1S/C23H28N4S/c1-15-10-21-23(28-15)22(27-13-17-11-18(17)14-27)12-20(25-21)16-2-4-19(5-3-16)26-8-6-24-7-9-26/h2-4,10,12,17-19,24H,5-9,11,13-14H2,1H3. The summed E-state index contributed by atoms with van der Waals surface area (Å²) in [6, 6.07) is 5.17. The third kappa shape index (κ3) is 3.00. The zero-order valence-electron chi connectivity index (χ0n) is 16.5. The van der Waals surface area contributed by atoms with Gasteiger partial charge in [0.15, 0.2) is 0 Å². The lowest BCUT2D eigenvalue weighted by Gasteiger charge is -2.34. The van der Waals surface area contributed by atoms with E-state index in [0.717, 1.165) is 50.1 Å². The Labute approximate surface area is 170 Å². The fourth-order valence-electron chi connectivity index (χ4n) is 5.19. The van der Waals surface area contributed by atoms with Gasteiger partial charge in [-0.2, -0.15) is 0 Å². The number of rotatable bonds is 3. The van der Waals surface area contributed by atoms with Crippen molar-refractivity contribution in [3.8, 4) is 0 Å². The second-order valence-corrected chi connectivity index (χ2v) is 10.1. The lowest BCUT2D eigenvalue weighted by atomic mass is 9.98. The van der Waals surface area contributed by atoms with Crippen molar-refractivity contribution in [1.29, 1.82) is 0 Å². The number of nitrogens with zero attached hydrogens (tertiary/aromatic N) is 3. The summed E-state index contributed by atoms with van der Waals surface area (Å²) in [5, 5.41) is 3.45. The minimum absolute atomic E-state index is 0.545. The van der Waals surface area contributed by atoms with E-state index in [2.05, 4.69) is 52.4 Å². The van der Waals surface area contributed by atoms with Gasteiger partial charge in [-0.3, -0.25) is 4.90 Å². The molecule has 2 saturated heterocycles. The van der Waals surface area contributed by atoms with E-state index < -0.39 is 0 Å². The van der Waals surface area contributed by atoms with Crippen LogP contribution in [0.2, 0.25) is 0 Å². The van der Waals surface area contributed by atoms with E-state index >= 15 is 0 Å². The molecule has 28 heavy (non-hydrogen) atoms. The zero-order valence-corrected chi connectivity index (χ0v) is 17.3. The Kier molecular flexibility index (Phi) is 4.10. The lowest BCUT2D eigenvalue weighted by molar-refractivity contribution is 0.202. The minimum atomic E-state index is 0.545. The number of thiophene rings is 1. The molecule has 2 aliphatic heterocycles. The first-order valence-corrected chi connectivity index (χ1v) is 11.6. The normalized spacial score (nSPS) is 30.0. The average Bonchev–Trinajstić information content (AvgIpc) is 3.15.